The van der Waals surface area contributed by atoms with Gasteiger partial charge in [-0.15, -0.1) is 0 Å². The number of aliphatic hydroxyl groups is 1. The van der Waals surface area contributed by atoms with Crippen LogP contribution in [0.25, 0.3) is 11.2 Å². The van der Waals surface area contributed by atoms with Crippen LogP contribution in [-0.2, 0) is 24.4 Å². The van der Waals surface area contributed by atoms with Crippen LogP contribution in [0.2, 0.25) is 0 Å². The highest BCUT2D eigenvalue weighted by molar-refractivity contribution is 5.71. The lowest BCUT2D eigenvalue weighted by Gasteiger charge is -2.16. The lowest BCUT2D eigenvalue weighted by atomic mass is 10.3. The van der Waals surface area contributed by atoms with Gasteiger partial charge in [0, 0.05) is 20.2 Å². The second kappa shape index (κ2) is 9.88. The molecule has 0 aliphatic heterocycles. The molecule has 0 radical (unpaired) electrons. The third-order valence-electron chi connectivity index (χ3n) is 4.92. The molecular formula is C21H27FN4O5. The summed E-state index contributed by atoms with van der Waals surface area (Å²) in [5.74, 6) is 0.580. The first-order chi connectivity index (χ1) is 14.9. The number of aliphatic hydroxyl groups excluding tert-OH is 1. The van der Waals surface area contributed by atoms with Gasteiger partial charge in [-0.2, -0.15) is 0 Å². The van der Waals surface area contributed by atoms with Gasteiger partial charge in [0.05, 0.1) is 13.2 Å². The zero-order chi connectivity index (χ0) is 22.5. The summed E-state index contributed by atoms with van der Waals surface area (Å²) in [4.78, 5) is 30.7. The second-order valence-corrected chi connectivity index (χ2v) is 7.24. The van der Waals surface area contributed by atoms with Gasteiger partial charge in [-0.3, -0.25) is 13.9 Å². The molecule has 0 aliphatic carbocycles. The molecule has 0 saturated heterocycles. The van der Waals surface area contributed by atoms with Crippen molar-refractivity contribution in [1.82, 2.24) is 18.7 Å². The number of fused-ring (bicyclic) bond motifs is 1. The maximum absolute atomic E-state index is 13.2. The minimum atomic E-state index is -1.13. The van der Waals surface area contributed by atoms with Crippen molar-refractivity contribution >= 4 is 11.2 Å². The third kappa shape index (κ3) is 4.86. The van der Waals surface area contributed by atoms with Crippen LogP contribution < -0.4 is 16.0 Å². The summed E-state index contributed by atoms with van der Waals surface area (Å²) in [6.07, 6.45) is -0.452. The van der Waals surface area contributed by atoms with Crippen LogP contribution in [-0.4, -0.2) is 50.2 Å². The zero-order valence-electron chi connectivity index (χ0n) is 17.9. The maximum Gasteiger partial charge on any atom is 0.332 e. The number of aromatic nitrogens is 4. The van der Waals surface area contributed by atoms with Gasteiger partial charge in [0.15, 0.2) is 11.2 Å². The van der Waals surface area contributed by atoms with Crippen LogP contribution in [0.3, 0.4) is 0 Å². The highest BCUT2D eigenvalue weighted by atomic mass is 19.1. The molecule has 10 heteroatoms. The average Bonchev–Trinajstić information content (AvgIpc) is 3.08. The normalized spacial score (nSPS) is 12.4. The molecule has 2 aromatic heterocycles. The first kappa shape index (κ1) is 22.7. The number of halogens is 1. The summed E-state index contributed by atoms with van der Waals surface area (Å²) in [6, 6.07) is 5.36. The Morgan fingerprint density at radius 1 is 1.13 bits per heavy atom. The fourth-order valence-corrected chi connectivity index (χ4v) is 3.43. The molecule has 1 aromatic carbocycles. The Bertz CT molecular complexity index is 1150. The molecule has 9 nitrogen and oxygen atoms in total. The summed E-state index contributed by atoms with van der Waals surface area (Å²) < 4.78 is 27.8. The molecule has 0 spiro atoms. The van der Waals surface area contributed by atoms with E-state index in [9.17, 15) is 19.1 Å². The fourth-order valence-electron chi connectivity index (χ4n) is 3.43. The molecule has 1 atom stereocenters. The molecule has 1 N–H and O–H groups in total. The van der Waals surface area contributed by atoms with Crippen molar-refractivity contribution in [3.8, 4) is 5.75 Å². The molecule has 0 unspecified atom stereocenters. The quantitative estimate of drug-likeness (QED) is 0.516. The summed E-state index contributed by atoms with van der Waals surface area (Å²) in [6.45, 7) is 4.47. The number of nitrogens with zero attached hydrogens (tertiary/aromatic N) is 4. The van der Waals surface area contributed by atoms with Gasteiger partial charge in [0.2, 0.25) is 0 Å². The predicted molar refractivity (Wildman–Crippen MR) is 113 cm³/mol. The van der Waals surface area contributed by atoms with Gasteiger partial charge in [-0.25, -0.2) is 14.2 Å². The first-order valence-electron chi connectivity index (χ1n) is 10.1. The maximum atomic E-state index is 13.2. The summed E-state index contributed by atoms with van der Waals surface area (Å²) in [5.41, 5.74) is -0.422. The highest BCUT2D eigenvalue weighted by Crippen LogP contribution is 2.13. The Morgan fingerprint density at radius 3 is 2.48 bits per heavy atom. The monoisotopic (exact) mass is 434 g/mol. The number of aryl methyl sites for hydroxylation is 2. The van der Waals surface area contributed by atoms with Crippen LogP contribution in [0.1, 0.15) is 19.2 Å². The van der Waals surface area contributed by atoms with E-state index in [1.54, 1.807) is 18.6 Å². The van der Waals surface area contributed by atoms with Crippen molar-refractivity contribution in [2.45, 2.75) is 46.0 Å². The van der Waals surface area contributed by atoms with Crippen molar-refractivity contribution in [3.05, 3.63) is 56.7 Å². The molecule has 0 aliphatic rings. The average molecular weight is 434 g/mol. The van der Waals surface area contributed by atoms with Gasteiger partial charge >= 0.3 is 5.69 Å². The zero-order valence-corrected chi connectivity index (χ0v) is 17.9. The number of ether oxygens (including phenoxy) is 2. The topological polar surface area (TPSA) is 101 Å². The molecule has 31 heavy (non-hydrogen) atoms. The van der Waals surface area contributed by atoms with E-state index in [1.165, 1.54) is 28.8 Å². The van der Waals surface area contributed by atoms with Gasteiger partial charge in [0.1, 0.15) is 30.1 Å². The van der Waals surface area contributed by atoms with Crippen molar-refractivity contribution in [1.29, 1.82) is 0 Å². The van der Waals surface area contributed by atoms with Gasteiger partial charge in [-0.1, -0.05) is 6.92 Å². The van der Waals surface area contributed by atoms with E-state index in [1.807, 2.05) is 6.92 Å². The van der Waals surface area contributed by atoms with Crippen molar-refractivity contribution in [3.63, 3.8) is 0 Å². The Balaban J connectivity index is 1.95. The van der Waals surface area contributed by atoms with Crippen LogP contribution in [0.15, 0.2) is 33.9 Å². The fraction of sp³-hybridized carbons (Fsp3) is 0.476. The van der Waals surface area contributed by atoms with E-state index in [4.69, 9.17) is 9.47 Å². The molecule has 168 valence electrons. The van der Waals surface area contributed by atoms with Crippen molar-refractivity contribution in [2.75, 3.05) is 20.3 Å². The van der Waals surface area contributed by atoms with Gasteiger partial charge in [-0.05, 0) is 37.6 Å². The molecule has 0 bridgehead atoms. The largest absolute Gasteiger partial charge is 0.491 e. The molecule has 0 saturated carbocycles. The van der Waals surface area contributed by atoms with Gasteiger partial charge < -0.3 is 19.1 Å². The number of hydrogen-bond donors (Lipinski definition) is 1. The van der Waals surface area contributed by atoms with E-state index in [2.05, 4.69) is 4.98 Å². The number of imidazole rings is 1. The summed E-state index contributed by atoms with van der Waals surface area (Å²) in [5, 5.41) is 10.4. The summed E-state index contributed by atoms with van der Waals surface area (Å²) >= 11 is 0. The Morgan fingerprint density at radius 2 is 1.84 bits per heavy atom. The van der Waals surface area contributed by atoms with E-state index in [-0.39, 0.29) is 13.2 Å². The van der Waals surface area contributed by atoms with Crippen LogP contribution >= 0.6 is 0 Å². The lowest BCUT2D eigenvalue weighted by Crippen LogP contribution is -2.44. The minimum Gasteiger partial charge on any atom is -0.491 e. The smallest absolute Gasteiger partial charge is 0.332 e. The van der Waals surface area contributed by atoms with Crippen molar-refractivity contribution < 1.29 is 19.0 Å². The number of methoxy groups -OCH3 is 1. The number of hydrogen-bond acceptors (Lipinski definition) is 6. The predicted octanol–water partition coefficient (Wildman–Crippen LogP) is 1.30. The molecule has 0 fully saturated rings. The SMILES string of the molecule is CCCn1c(=O)n(C[C@@H](O)COc2ccc(F)cc2)c(=O)c2c1nc(C)n2CCOC. The van der Waals surface area contributed by atoms with E-state index >= 15 is 0 Å². The highest BCUT2D eigenvalue weighted by Gasteiger charge is 2.21. The molecule has 3 rings (SSSR count). The standard InChI is InChI=1S/C21H27FN4O5/c1-4-9-25-19-18(24(10-11-30-3)14(2)23-19)20(28)26(21(25)29)12-16(27)13-31-17-7-5-15(22)6-8-17/h5-8,16,27H,4,9-13H2,1-3H3/t16-/m1/s1. The number of rotatable bonds is 10. The Kier molecular flexibility index (Phi) is 7.24. The first-order valence-corrected chi connectivity index (χ1v) is 10.1. The van der Waals surface area contributed by atoms with Gasteiger partial charge in [0.25, 0.3) is 5.56 Å². The third-order valence-corrected chi connectivity index (χ3v) is 4.92. The van der Waals surface area contributed by atoms with E-state index in [0.29, 0.717) is 48.9 Å². The Hall–Kier alpha value is -2.98. The van der Waals surface area contributed by atoms with Crippen LogP contribution in [0.5, 0.6) is 5.75 Å². The molecule has 0 amide bonds. The van der Waals surface area contributed by atoms with E-state index < -0.39 is 23.2 Å². The Labute approximate surface area is 178 Å². The second-order valence-electron chi connectivity index (χ2n) is 7.24. The van der Waals surface area contributed by atoms with Crippen LogP contribution in [0, 0.1) is 12.7 Å². The van der Waals surface area contributed by atoms with Crippen molar-refractivity contribution in [2.24, 2.45) is 0 Å². The molecular weight excluding hydrogens is 407 g/mol. The molecule has 3 aromatic rings. The van der Waals surface area contributed by atoms with Crippen LogP contribution in [0.4, 0.5) is 4.39 Å². The number of benzene rings is 1. The minimum absolute atomic E-state index is 0.161. The van der Waals surface area contributed by atoms with E-state index in [0.717, 1.165) is 4.57 Å². The molecule has 2 heterocycles. The summed E-state index contributed by atoms with van der Waals surface area (Å²) in [7, 11) is 1.57. The lowest BCUT2D eigenvalue weighted by molar-refractivity contribution is 0.0901.